The van der Waals surface area contributed by atoms with E-state index in [4.69, 9.17) is 4.74 Å². The molecule has 0 spiro atoms. The number of pyridine rings is 1. The molecule has 1 N–H and O–H groups in total. The second kappa shape index (κ2) is 8.73. The fraction of sp³-hybridized carbons (Fsp3) is 0.182. The van der Waals surface area contributed by atoms with Crippen molar-refractivity contribution in [1.29, 1.82) is 0 Å². The zero-order valence-electron chi connectivity index (χ0n) is 15.7. The lowest BCUT2D eigenvalue weighted by Crippen LogP contribution is -2.13. The smallest absolute Gasteiger partial charge is 0.346 e. The zero-order chi connectivity index (χ0) is 20.0. The van der Waals surface area contributed by atoms with Crippen LogP contribution in [0.15, 0.2) is 77.8 Å². The zero-order valence-corrected chi connectivity index (χ0v) is 16.5. The Morgan fingerprint density at radius 1 is 1.26 bits per heavy atom. The largest absolute Gasteiger partial charge is 0.504 e. The second-order valence-electron chi connectivity index (χ2n) is 6.79. The first kappa shape index (κ1) is 20.5. The van der Waals surface area contributed by atoms with Gasteiger partial charge in [-0.15, -0.1) is 0 Å². The SMILES string of the molecule is C=C/C=C(\C=C)Sc1ncccc1C(=O)Oc1ccc(C(C)(C)C)cc1O. The van der Waals surface area contributed by atoms with Crippen LogP contribution in [0.4, 0.5) is 0 Å². The van der Waals surface area contributed by atoms with E-state index in [0.29, 0.717) is 10.6 Å². The molecule has 0 saturated carbocycles. The number of ether oxygens (including phenoxy) is 1. The van der Waals surface area contributed by atoms with Gasteiger partial charge in [-0.25, -0.2) is 9.78 Å². The van der Waals surface area contributed by atoms with Crippen molar-refractivity contribution < 1.29 is 14.6 Å². The Kier molecular flexibility index (Phi) is 6.64. The highest BCUT2D eigenvalue weighted by Gasteiger charge is 2.20. The van der Waals surface area contributed by atoms with E-state index in [9.17, 15) is 9.90 Å². The van der Waals surface area contributed by atoms with Gasteiger partial charge in [0.25, 0.3) is 0 Å². The van der Waals surface area contributed by atoms with Crippen LogP contribution in [0.3, 0.4) is 0 Å². The molecule has 2 aromatic rings. The molecule has 2 rings (SSSR count). The maximum atomic E-state index is 12.6. The maximum absolute atomic E-state index is 12.6. The van der Waals surface area contributed by atoms with E-state index in [1.165, 1.54) is 11.8 Å². The first-order chi connectivity index (χ1) is 12.8. The molecule has 27 heavy (non-hydrogen) atoms. The van der Waals surface area contributed by atoms with Crippen LogP contribution < -0.4 is 4.74 Å². The van der Waals surface area contributed by atoms with Gasteiger partial charge in [0.2, 0.25) is 0 Å². The number of esters is 1. The average Bonchev–Trinajstić information content (AvgIpc) is 2.62. The minimum atomic E-state index is -0.591. The van der Waals surface area contributed by atoms with Gasteiger partial charge >= 0.3 is 5.97 Å². The summed E-state index contributed by atoms with van der Waals surface area (Å²) in [7, 11) is 0. The van der Waals surface area contributed by atoms with E-state index >= 15 is 0 Å². The molecular weight excluding hydrogens is 358 g/mol. The van der Waals surface area contributed by atoms with Crippen molar-refractivity contribution in [3.05, 3.63) is 83.9 Å². The number of aromatic nitrogens is 1. The number of aromatic hydroxyl groups is 1. The quantitative estimate of drug-likeness (QED) is 0.303. The highest BCUT2D eigenvalue weighted by Crippen LogP contribution is 2.34. The van der Waals surface area contributed by atoms with Gasteiger partial charge in [-0.1, -0.05) is 63.9 Å². The van der Waals surface area contributed by atoms with Crippen LogP contribution in [-0.4, -0.2) is 16.1 Å². The Hall–Kier alpha value is -2.79. The molecule has 4 nitrogen and oxygen atoms in total. The lowest BCUT2D eigenvalue weighted by molar-refractivity contribution is 0.0725. The summed E-state index contributed by atoms with van der Waals surface area (Å²) in [5.74, 6) is -0.558. The van der Waals surface area contributed by atoms with Crippen molar-refractivity contribution in [2.75, 3.05) is 0 Å². The summed E-state index contributed by atoms with van der Waals surface area (Å²) in [6.07, 6.45) is 6.68. The predicted octanol–water partition coefficient (Wildman–Crippen LogP) is 5.65. The summed E-state index contributed by atoms with van der Waals surface area (Å²) >= 11 is 1.29. The Bertz CT molecular complexity index is 895. The van der Waals surface area contributed by atoms with Gasteiger partial charge < -0.3 is 9.84 Å². The van der Waals surface area contributed by atoms with Gasteiger partial charge in [0.05, 0.1) is 5.56 Å². The van der Waals surface area contributed by atoms with Crippen LogP contribution in [0.5, 0.6) is 11.5 Å². The second-order valence-corrected chi connectivity index (χ2v) is 7.85. The molecule has 140 valence electrons. The number of benzene rings is 1. The summed E-state index contributed by atoms with van der Waals surface area (Å²) in [5, 5.41) is 10.7. The number of phenols is 1. The molecule has 0 amide bonds. The number of hydrogen-bond acceptors (Lipinski definition) is 5. The van der Waals surface area contributed by atoms with Crippen LogP contribution in [0.25, 0.3) is 0 Å². The standard InChI is InChI=1S/C22H23NO3S/c1-6-9-16(7-2)27-20-17(10-8-13-23-20)21(25)26-19-12-11-15(14-18(19)24)22(3,4)5/h6-14,24H,1-2H2,3-5H3/b16-9+. The Balaban J connectivity index is 2.28. The van der Waals surface area contributed by atoms with Crippen molar-refractivity contribution >= 4 is 17.7 Å². The van der Waals surface area contributed by atoms with Gasteiger partial charge in [0.1, 0.15) is 5.03 Å². The van der Waals surface area contributed by atoms with Crippen molar-refractivity contribution in [1.82, 2.24) is 4.98 Å². The number of carbonyl (C=O) groups excluding carboxylic acids is 1. The van der Waals surface area contributed by atoms with Crippen LogP contribution in [0, 0.1) is 0 Å². The highest BCUT2D eigenvalue weighted by molar-refractivity contribution is 8.03. The van der Waals surface area contributed by atoms with Gasteiger partial charge in [-0.3, -0.25) is 0 Å². The number of phenolic OH excluding ortho intramolecular Hbond substituents is 1. The normalized spacial score (nSPS) is 11.7. The van der Waals surface area contributed by atoms with Crippen molar-refractivity contribution in [2.24, 2.45) is 0 Å². The summed E-state index contributed by atoms with van der Waals surface area (Å²) in [6, 6.07) is 8.35. The predicted molar refractivity (Wildman–Crippen MR) is 110 cm³/mol. The number of rotatable bonds is 6. The summed E-state index contributed by atoms with van der Waals surface area (Å²) in [4.78, 5) is 17.7. The Morgan fingerprint density at radius 2 is 2.00 bits per heavy atom. The molecule has 1 aromatic heterocycles. The lowest BCUT2D eigenvalue weighted by atomic mass is 9.87. The summed E-state index contributed by atoms with van der Waals surface area (Å²) < 4.78 is 5.41. The summed E-state index contributed by atoms with van der Waals surface area (Å²) in [6.45, 7) is 13.5. The third-order valence-corrected chi connectivity index (χ3v) is 4.77. The molecule has 0 aliphatic carbocycles. The monoisotopic (exact) mass is 381 g/mol. The fourth-order valence-corrected chi connectivity index (χ4v) is 3.07. The minimum Gasteiger partial charge on any atom is -0.504 e. The van der Waals surface area contributed by atoms with E-state index in [-0.39, 0.29) is 16.9 Å². The first-order valence-corrected chi connectivity index (χ1v) is 9.21. The molecule has 0 aliphatic rings. The van der Waals surface area contributed by atoms with E-state index in [0.717, 1.165) is 10.5 Å². The van der Waals surface area contributed by atoms with Crippen molar-refractivity contribution in [2.45, 2.75) is 31.2 Å². The third kappa shape index (κ3) is 5.34. The van der Waals surface area contributed by atoms with Crippen LogP contribution in [0.2, 0.25) is 0 Å². The maximum Gasteiger partial charge on any atom is 0.346 e. The number of carbonyl (C=O) groups is 1. The highest BCUT2D eigenvalue weighted by atomic mass is 32.2. The Labute approximate surface area is 164 Å². The van der Waals surface area contributed by atoms with Crippen molar-refractivity contribution in [3.63, 3.8) is 0 Å². The fourth-order valence-electron chi connectivity index (χ4n) is 2.22. The van der Waals surface area contributed by atoms with Crippen molar-refractivity contribution in [3.8, 4) is 11.5 Å². The van der Waals surface area contributed by atoms with Crippen LogP contribution >= 0.6 is 11.8 Å². The number of hydrogen-bond donors (Lipinski definition) is 1. The molecule has 0 aliphatic heterocycles. The molecule has 0 unspecified atom stereocenters. The number of thioether (sulfide) groups is 1. The molecule has 0 fully saturated rings. The van der Waals surface area contributed by atoms with Gasteiger partial charge in [-0.2, -0.15) is 0 Å². The molecule has 5 heteroatoms. The average molecular weight is 381 g/mol. The van der Waals surface area contributed by atoms with Gasteiger partial charge in [0.15, 0.2) is 11.5 Å². The Morgan fingerprint density at radius 3 is 2.59 bits per heavy atom. The number of allylic oxidation sites excluding steroid dienone is 3. The minimum absolute atomic E-state index is 0.0767. The first-order valence-electron chi connectivity index (χ1n) is 8.40. The topological polar surface area (TPSA) is 59.4 Å². The molecule has 1 aromatic carbocycles. The molecule has 0 radical (unpaired) electrons. The van der Waals surface area contributed by atoms with E-state index in [1.54, 1.807) is 48.7 Å². The molecule has 0 saturated heterocycles. The van der Waals surface area contributed by atoms with Gasteiger partial charge in [0, 0.05) is 11.1 Å². The molecular formula is C22H23NO3S. The van der Waals surface area contributed by atoms with Gasteiger partial charge in [-0.05, 0) is 41.3 Å². The molecule has 0 bridgehead atoms. The molecule has 1 heterocycles. The van der Waals surface area contributed by atoms with Crippen LogP contribution in [0.1, 0.15) is 36.7 Å². The van der Waals surface area contributed by atoms with E-state index in [2.05, 4.69) is 18.1 Å². The third-order valence-electron chi connectivity index (χ3n) is 3.72. The summed E-state index contributed by atoms with van der Waals surface area (Å²) in [5.41, 5.74) is 1.13. The lowest BCUT2D eigenvalue weighted by Gasteiger charge is -2.19. The van der Waals surface area contributed by atoms with E-state index < -0.39 is 5.97 Å². The number of nitrogens with zero attached hydrogens (tertiary/aromatic N) is 1. The van der Waals surface area contributed by atoms with E-state index in [1.807, 2.05) is 26.8 Å². The van der Waals surface area contributed by atoms with Crippen LogP contribution in [-0.2, 0) is 5.41 Å². The molecule has 0 atom stereocenters.